The van der Waals surface area contributed by atoms with E-state index in [1.165, 1.54) is 13.2 Å². The van der Waals surface area contributed by atoms with Crippen molar-refractivity contribution in [3.05, 3.63) is 52.5 Å². The van der Waals surface area contributed by atoms with E-state index in [2.05, 4.69) is 10.6 Å². The summed E-state index contributed by atoms with van der Waals surface area (Å²) >= 11 is 5.52. The van der Waals surface area contributed by atoms with Gasteiger partial charge in [0.2, 0.25) is 0 Å². The second kappa shape index (κ2) is 7.52. The van der Waals surface area contributed by atoms with Gasteiger partial charge in [-0.25, -0.2) is 4.79 Å². The number of phenols is 1. The van der Waals surface area contributed by atoms with Crippen molar-refractivity contribution in [1.82, 2.24) is 5.32 Å². The highest BCUT2D eigenvalue weighted by molar-refractivity contribution is 6.31. The van der Waals surface area contributed by atoms with Crippen LogP contribution >= 0.6 is 11.6 Å². The zero-order valence-electron chi connectivity index (χ0n) is 12.9. The summed E-state index contributed by atoms with van der Waals surface area (Å²) in [6.07, 6.45) is -4.63. The molecule has 2 aromatic rings. The number of aromatic hydroxyl groups is 1. The van der Waals surface area contributed by atoms with E-state index in [9.17, 15) is 23.1 Å². The Balaban J connectivity index is 2.04. The van der Waals surface area contributed by atoms with Gasteiger partial charge in [-0.15, -0.1) is 0 Å². The largest absolute Gasteiger partial charge is 0.504 e. The lowest BCUT2D eigenvalue weighted by atomic mass is 10.2. The van der Waals surface area contributed by atoms with Crippen molar-refractivity contribution in [3.8, 4) is 11.5 Å². The van der Waals surface area contributed by atoms with Gasteiger partial charge in [-0.2, -0.15) is 13.2 Å². The molecular weight excluding hydrogens is 361 g/mol. The molecule has 25 heavy (non-hydrogen) atoms. The zero-order valence-corrected chi connectivity index (χ0v) is 13.7. The highest BCUT2D eigenvalue weighted by atomic mass is 35.5. The molecule has 0 aromatic heterocycles. The number of carbonyl (C=O) groups excluding carboxylic acids is 1. The third-order valence-electron chi connectivity index (χ3n) is 3.27. The summed E-state index contributed by atoms with van der Waals surface area (Å²) in [7, 11) is 1.39. The van der Waals surface area contributed by atoms with Gasteiger partial charge < -0.3 is 20.5 Å². The smallest absolute Gasteiger partial charge is 0.417 e. The average molecular weight is 375 g/mol. The fraction of sp³-hybridized carbons (Fsp3) is 0.188. The summed E-state index contributed by atoms with van der Waals surface area (Å²) in [5.74, 6) is 0.114. The number of phenolic OH excluding ortho intramolecular Hbond substituents is 1. The van der Waals surface area contributed by atoms with Crippen molar-refractivity contribution in [2.24, 2.45) is 0 Å². The normalized spacial score (nSPS) is 11.1. The molecule has 2 amide bonds. The number of hydrogen-bond donors (Lipinski definition) is 3. The van der Waals surface area contributed by atoms with Crippen LogP contribution in [0.1, 0.15) is 11.1 Å². The molecule has 0 radical (unpaired) electrons. The summed E-state index contributed by atoms with van der Waals surface area (Å²) in [5, 5.41) is 14.2. The van der Waals surface area contributed by atoms with Crippen LogP contribution in [0.2, 0.25) is 5.02 Å². The Bertz CT molecular complexity index is 782. The number of methoxy groups -OCH3 is 1. The van der Waals surface area contributed by atoms with Crippen molar-refractivity contribution in [2.45, 2.75) is 12.7 Å². The third-order valence-corrected chi connectivity index (χ3v) is 3.60. The van der Waals surface area contributed by atoms with Gasteiger partial charge >= 0.3 is 12.2 Å². The molecule has 2 aromatic carbocycles. The van der Waals surface area contributed by atoms with Gasteiger partial charge in [0, 0.05) is 17.8 Å². The molecule has 2 rings (SSSR count). The molecule has 0 saturated heterocycles. The Morgan fingerprint density at radius 3 is 2.64 bits per heavy atom. The Morgan fingerprint density at radius 1 is 1.28 bits per heavy atom. The van der Waals surface area contributed by atoms with E-state index in [1.54, 1.807) is 18.2 Å². The second-order valence-electron chi connectivity index (χ2n) is 4.97. The summed E-state index contributed by atoms with van der Waals surface area (Å²) in [6, 6.07) is 7.05. The van der Waals surface area contributed by atoms with Crippen LogP contribution in [0.15, 0.2) is 36.4 Å². The van der Waals surface area contributed by atoms with E-state index in [0.29, 0.717) is 5.56 Å². The fourth-order valence-electron chi connectivity index (χ4n) is 2.05. The van der Waals surface area contributed by atoms with Crippen LogP contribution in [0.5, 0.6) is 11.5 Å². The zero-order chi connectivity index (χ0) is 18.6. The highest BCUT2D eigenvalue weighted by Gasteiger charge is 2.33. The van der Waals surface area contributed by atoms with E-state index in [4.69, 9.17) is 16.3 Å². The molecule has 0 fully saturated rings. The maximum absolute atomic E-state index is 12.8. The van der Waals surface area contributed by atoms with Gasteiger partial charge in [-0.1, -0.05) is 23.7 Å². The first kappa shape index (κ1) is 18.7. The molecule has 0 unspecified atom stereocenters. The van der Waals surface area contributed by atoms with Crippen molar-refractivity contribution in [2.75, 3.05) is 12.4 Å². The fourth-order valence-corrected chi connectivity index (χ4v) is 2.27. The topological polar surface area (TPSA) is 70.6 Å². The predicted molar refractivity (Wildman–Crippen MR) is 87.0 cm³/mol. The number of benzene rings is 2. The molecule has 0 aliphatic heterocycles. The average Bonchev–Trinajstić information content (AvgIpc) is 2.54. The van der Waals surface area contributed by atoms with Gasteiger partial charge in [0.05, 0.1) is 17.7 Å². The van der Waals surface area contributed by atoms with E-state index in [1.807, 2.05) is 0 Å². The minimum atomic E-state index is -4.63. The molecule has 0 bridgehead atoms. The molecule has 5 nitrogen and oxygen atoms in total. The minimum Gasteiger partial charge on any atom is -0.504 e. The lowest BCUT2D eigenvalue weighted by molar-refractivity contribution is -0.137. The van der Waals surface area contributed by atoms with Gasteiger partial charge in [-0.3, -0.25) is 0 Å². The van der Waals surface area contributed by atoms with Crippen molar-refractivity contribution in [1.29, 1.82) is 0 Å². The Hall–Kier alpha value is -2.61. The first-order valence-electron chi connectivity index (χ1n) is 6.99. The van der Waals surface area contributed by atoms with Gasteiger partial charge in [0.15, 0.2) is 11.5 Å². The van der Waals surface area contributed by atoms with Crippen LogP contribution in [0.3, 0.4) is 0 Å². The molecule has 0 heterocycles. The third kappa shape index (κ3) is 4.69. The summed E-state index contributed by atoms with van der Waals surface area (Å²) in [6.45, 7) is -0.0470. The number of ether oxygens (including phenoxy) is 1. The number of alkyl halides is 3. The Kier molecular flexibility index (Phi) is 5.63. The summed E-state index contributed by atoms with van der Waals surface area (Å²) < 4.78 is 43.3. The van der Waals surface area contributed by atoms with Crippen LogP contribution in [-0.2, 0) is 12.7 Å². The number of amides is 2. The standard InChI is InChI=1S/C16H14ClF3N2O3/c1-25-13-4-2-3-9(14(13)23)8-21-15(24)22-10-5-6-12(17)11(7-10)16(18,19)20/h2-7,23H,8H2,1H3,(H2,21,22,24). The molecule has 0 saturated carbocycles. The van der Waals surface area contributed by atoms with E-state index < -0.39 is 22.8 Å². The van der Waals surface area contributed by atoms with Gasteiger partial charge in [0.25, 0.3) is 0 Å². The monoisotopic (exact) mass is 374 g/mol. The first-order valence-corrected chi connectivity index (χ1v) is 7.36. The molecule has 0 atom stereocenters. The molecule has 9 heteroatoms. The molecule has 0 aliphatic carbocycles. The Labute approximate surface area is 146 Å². The van der Waals surface area contributed by atoms with Crippen LogP contribution in [0.25, 0.3) is 0 Å². The number of urea groups is 1. The number of rotatable bonds is 4. The minimum absolute atomic E-state index is 0.0470. The molecule has 134 valence electrons. The number of para-hydroxylation sites is 1. The lowest BCUT2D eigenvalue weighted by Gasteiger charge is -2.13. The van der Waals surface area contributed by atoms with Crippen LogP contribution in [-0.4, -0.2) is 18.2 Å². The van der Waals surface area contributed by atoms with Crippen LogP contribution in [0, 0.1) is 0 Å². The highest BCUT2D eigenvalue weighted by Crippen LogP contribution is 2.36. The number of halogens is 4. The molecular formula is C16H14ClF3N2O3. The predicted octanol–water partition coefficient (Wildman–Crippen LogP) is 4.39. The maximum atomic E-state index is 12.8. The first-order chi connectivity index (χ1) is 11.7. The number of nitrogens with one attached hydrogen (secondary N) is 2. The van der Waals surface area contributed by atoms with E-state index in [0.717, 1.165) is 12.1 Å². The SMILES string of the molecule is COc1cccc(CNC(=O)Nc2ccc(Cl)c(C(F)(F)F)c2)c1O. The second-order valence-corrected chi connectivity index (χ2v) is 5.38. The van der Waals surface area contributed by atoms with Crippen LogP contribution in [0.4, 0.5) is 23.7 Å². The summed E-state index contributed by atoms with van der Waals surface area (Å²) in [5.41, 5.74) is -0.719. The van der Waals surface area contributed by atoms with Gasteiger partial charge in [0.1, 0.15) is 0 Å². The van der Waals surface area contributed by atoms with Gasteiger partial charge in [-0.05, 0) is 24.3 Å². The van der Waals surface area contributed by atoms with E-state index >= 15 is 0 Å². The quantitative estimate of drug-likeness (QED) is 0.743. The van der Waals surface area contributed by atoms with Crippen molar-refractivity contribution >= 4 is 23.3 Å². The van der Waals surface area contributed by atoms with Crippen molar-refractivity contribution in [3.63, 3.8) is 0 Å². The van der Waals surface area contributed by atoms with E-state index in [-0.39, 0.29) is 23.7 Å². The summed E-state index contributed by atoms with van der Waals surface area (Å²) in [4.78, 5) is 11.8. The number of carbonyl (C=O) groups is 1. The lowest BCUT2D eigenvalue weighted by Crippen LogP contribution is -2.28. The number of hydrogen-bond acceptors (Lipinski definition) is 3. The number of anilines is 1. The van der Waals surface area contributed by atoms with Crippen LogP contribution < -0.4 is 15.4 Å². The molecule has 3 N–H and O–H groups in total. The molecule has 0 aliphatic rings. The van der Waals surface area contributed by atoms with Crippen molar-refractivity contribution < 1.29 is 27.8 Å². The molecule has 0 spiro atoms. The Morgan fingerprint density at radius 2 is 2.00 bits per heavy atom. The maximum Gasteiger partial charge on any atom is 0.417 e.